The van der Waals surface area contributed by atoms with E-state index in [1.807, 2.05) is 81.6 Å². The average molecular weight is 452 g/mol. The molecule has 0 aromatic heterocycles. The number of aliphatic carboxylic acids is 2. The lowest BCUT2D eigenvalue weighted by Gasteiger charge is -2.58. The number of carboxylic acid groups (broad SMARTS) is 2. The van der Waals surface area contributed by atoms with Gasteiger partial charge in [0.1, 0.15) is 6.10 Å². The highest BCUT2D eigenvalue weighted by Gasteiger charge is 2.53. The van der Waals surface area contributed by atoms with Gasteiger partial charge >= 0.3 is 11.9 Å². The summed E-state index contributed by atoms with van der Waals surface area (Å²) in [7, 11) is 1.95. The highest BCUT2D eigenvalue weighted by atomic mass is 16.5. The number of benzene rings is 2. The van der Waals surface area contributed by atoms with Gasteiger partial charge in [0.15, 0.2) is 0 Å². The van der Waals surface area contributed by atoms with E-state index in [2.05, 4.69) is 18.7 Å². The molecule has 0 spiro atoms. The maximum atomic E-state index is 12.3. The van der Waals surface area contributed by atoms with Crippen molar-refractivity contribution in [1.29, 1.82) is 0 Å². The third kappa shape index (κ3) is 5.18. The fraction of sp³-hybridized carbons (Fsp3) is 0.407. The molecule has 2 aromatic carbocycles. The van der Waals surface area contributed by atoms with Gasteiger partial charge < -0.3 is 14.9 Å². The van der Waals surface area contributed by atoms with Crippen molar-refractivity contribution >= 4 is 11.9 Å². The second-order valence-corrected chi connectivity index (χ2v) is 9.83. The lowest BCUT2D eigenvalue weighted by Crippen LogP contribution is -2.66. The van der Waals surface area contributed by atoms with Crippen LogP contribution in [0.15, 0.2) is 72.3 Å². The van der Waals surface area contributed by atoms with Crippen LogP contribution in [0.4, 0.5) is 0 Å². The van der Waals surface area contributed by atoms with Crippen LogP contribution in [0.25, 0.3) is 0 Å². The minimum Gasteiger partial charge on any atom is -0.478 e. The summed E-state index contributed by atoms with van der Waals surface area (Å²) in [5.74, 6) is -3.19. The van der Waals surface area contributed by atoms with Crippen molar-refractivity contribution in [2.75, 3.05) is 7.05 Å². The minimum atomic E-state index is -1.28. The fourth-order valence-corrected chi connectivity index (χ4v) is 5.10. The number of piperidine rings is 1. The van der Waals surface area contributed by atoms with Gasteiger partial charge in [0, 0.05) is 23.1 Å². The van der Waals surface area contributed by atoms with Crippen LogP contribution in [0.1, 0.15) is 51.3 Å². The number of nitrogens with zero attached hydrogens (tertiary/aromatic N) is 1. The van der Waals surface area contributed by atoms with Gasteiger partial charge in [-0.25, -0.2) is 9.59 Å². The Balaban J connectivity index is 2.14. The third-order valence-electron chi connectivity index (χ3n) is 6.98. The number of carboxylic acids is 2. The van der Waals surface area contributed by atoms with Crippen LogP contribution in [0.2, 0.25) is 0 Å². The number of likely N-dealkylation sites (tertiary alicyclic amines) is 1. The molecule has 1 aliphatic rings. The quantitative estimate of drug-likeness (QED) is 0.590. The molecule has 3 rings (SSSR count). The molecule has 0 radical (unpaired) electrons. The van der Waals surface area contributed by atoms with Crippen molar-refractivity contribution in [2.45, 2.75) is 57.4 Å². The van der Waals surface area contributed by atoms with Gasteiger partial charge in [-0.05, 0) is 52.3 Å². The molecule has 33 heavy (non-hydrogen) atoms. The third-order valence-corrected chi connectivity index (χ3v) is 6.98. The zero-order chi connectivity index (χ0) is 24.4. The first-order valence-corrected chi connectivity index (χ1v) is 11.1. The lowest BCUT2D eigenvalue weighted by molar-refractivity contribution is -0.151. The van der Waals surface area contributed by atoms with E-state index in [-0.39, 0.29) is 11.1 Å². The monoisotopic (exact) mass is 451 g/mol. The largest absolute Gasteiger partial charge is 0.478 e. The molecule has 2 atom stereocenters. The van der Waals surface area contributed by atoms with E-state index < -0.39 is 35.6 Å². The molecule has 1 heterocycles. The van der Waals surface area contributed by atoms with Gasteiger partial charge in [0.25, 0.3) is 0 Å². The lowest BCUT2D eigenvalue weighted by atomic mass is 9.67. The van der Waals surface area contributed by atoms with Gasteiger partial charge in [0.05, 0.1) is 11.7 Å². The van der Waals surface area contributed by atoms with E-state index in [9.17, 15) is 19.8 Å². The van der Waals surface area contributed by atoms with Crippen molar-refractivity contribution in [3.63, 3.8) is 0 Å². The molecule has 2 N–H and O–H groups in total. The van der Waals surface area contributed by atoms with E-state index in [0.29, 0.717) is 6.42 Å². The summed E-state index contributed by atoms with van der Waals surface area (Å²) in [5.41, 5.74) is 0.784. The average Bonchev–Trinajstić information content (AvgIpc) is 2.76. The Bertz CT molecular complexity index is 974. The summed E-state index contributed by atoms with van der Waals surface area (Å²) in [5, 5.41) is 19.4. The molecular formula is C27H33NO5. The highest BCUT2D eigenvalue weighted by Crippen LogP contribution is 2.47. The Morgan fingerprint density at radius 1 is 0.970 bits per heavy atom. The van der Waals surface area contributed by atoms with E-state index >= 15 is 0 Å². The highest BCUT2D eigenvalue weighted by molar-refractivity contribution is 5.95. The van der Waals surface area contributed by atoms with Gasteiger partial charge in [0.2, 0.25) is 0 Å². The van der Waals surface area contributed by atoms with Crippen molar-refractivity contribution in [3.8, 4) is 0 Å². The molecule has 1 saturated heterocycles. The first kappa shape index (κ1) is 24.7. The predicted molar refractivity (Wildman–Crippen MR) is 127 cm³/mol. The normalized spacial score (nSPS) is 22.8. The zero-order valence-corrected chi connectivity index (χ0v) is 19.9. The summed E-state index contributed by atoms with van der Waals surface area (Å²) in [6, 6.07) is 19.6. The maximum Gasteiger partial charge on any atom is 0.332 e. The molecule has 1 aliphatic heterocycles. The fourth-order valence-electron chi connectivity index (χ4n) is 5.10. The summed E-state index contributed by atoms with van der Waals surface area (Å²) < 4.78 is 6.78. The predicted octanol–water partition coefficient (Wildman–Crippen LogP) is 4.77. The summed E-state index contributed by atoms with van der Waals surface area (Å²) in [6.45, 7) is 8.10. The standard InChI is InChI=1S/C27H33NO5/c1-26(2)17-21(23(27(3,4)28(26)5)20(25(31)32)16-22(29)30)33-24(18-12-8-6-9-13-18)19-14-10-7-11-15-19/h6-16,21,23-24H,17H2,1-5H3,(H,29,30)(H,31,32)/b20-16+. The van der Waals surface area contributed by atoms with Crippen LogP contribution in [0.5, 0.6) is 0 Å². The zero-order valence-electron chi connectivity index (χ0n) is 19.9. The van der Waals surface area contributed by atoms with Crippen LogP contribution >= 0.6 is 0 Å². The Morgan fingerprint density at radius 2 is 1.45 bits per heavy atom. The number of hydrogen-bond acceptors (Lipinski definition) is 4. The van der Waals surface area contributed by atoms with E-state index in [1.165, 1.54) is 0 Å². The number of rotatable bonds is 7. The van der Waals surface area contributed by atoms with Crippen molar-refractivity contribution in [2.24, 2.45) is 5.92 Å². The van der Waals surface area contributed by atoms with E-state index in [0.717, 1.165) is 17.2 Å². The van der Waals surface area contributed by atoms with Gasteiger partial charge in [-0.3, -0.25) is 4.90 Å². The van der Waals surface area contributed by atoms with Crippen molar-refractivity contribution in [1.82, 2.24) is 4.90 Å². The van der Waals surface area contributed by atoms with Gasteiger partial charge in [-0.15, -0.1) is 0 Å². The van der Waals surface area contributed by atoms with Gasteiger partial charge in [-0.1, -0.05) is 60.7 Å². The van der Waals surface area contributed by atoms with Gasteiger partial charge in [-0.2, -0.15) is 0 Å². The Hall–Kier alpha value is -2.96. The topological polar surface area (TPSA) is 87.1 Å². The Labute approximate surface area is 195 Å². The van der Waals surface area contributed by atoms with Crippen LogP contribution in [0, 0.1) is 5.92 Å². The number of ether oxygens (including phenoxy) is 1. The number of carbonyl (C=O) groups is 2. The molecule has 176 valence electrons. The smallest absolute Gasteiger partial charge is 0.332 e. The molecule has 2 aromatic rings. The molecular weight excluding hydrogens is 418 g/mol. The minimum absolute atomic E-state index is 0.153. The molecule has 6 nitrogen and oxygen atoms in total. The first-order chi connectivity index (χ1) is 15.4. The van der Waals surface area contributed by atoms with Crippen LogP contribution in [-0.4, -0.2) is 51.3 Å². The second-order valence-electron chi connectivity index (χ2n) is 9.83. The van der Waals surface area contributed by atoms with E-state index in [1.54, 1.807) is 0 Å². The van der Waals surface area contributed by atoms with E-state index in [4.69, 9.17) is 4.74 Å². The molecule has 0 saturated carbocycles. The summed E-state index contributed by atoms with van der Waals surface area (Å²) in [6.07, 6.45) is 0.406. The Morgan fingerprint density at radius 3 is 1.88 bits per heavy atom. The molecule has 0 amide bonds. The first-order valence-electron chi connectivity index (χ1n) is 11.1. The van der Waals surface area contributed by atoms with Crippen LogP contribution in [-0.2, 0) is 14.3 Å². The molecule has 1 fully saturated rings. The summed E-state index contributed by atoms with van der Waals surface area (Å²) >= 11 is 0. The second kappa shape index (κ2) is 9.49. The SMILES string of the molecule is CN1C(C)(C)CC(OC(c2ccccc2)c2ccccc2)C(/C(=C\C(=O)O)C(=O)O)C1(C)C. The van der Waals surface area contributed by atoms with Crippen LogP contribution in [0.3, 0.4) is 0 Å². The van der Waals surface area contributed by atoms with Crippen molar-refractivity contribution < 1.29 is 24.5 Å². The molecule has 6 heteroatoms. The Kier molecular flexibility index (Phi) is 7.10. The molecule has 0 bridgehead atoms. The maximum absolute atomic E-state index is 12.3. The molecule has 2 unspecified atom stereocenters. The molecule has 0 aliphatic carbocycles. The summed E-state index contributed by atoms with van der Waals surface area (Å²) in [4.78, 5) is 25.9. The van der Waals surface area contributed by atoms with Crippen LogP contribution < -0.4 is 0 Å². The van der Waals surface area contributed by atoms with Crippen molar-refractivity contribution in [3.05, 3.63) is 83.4 Å². The number of hydrogen-bond donors (Lipinski definition) is 2.